The Morgan fingerprint density at radius 3 is 2.32 bits per heavy atom. The van der Waals surface area contributed by atoms with Gasteiger partial charge < -0.3 is 10.1 Å². The SMILES string of the molecule is CCOc1ccc(CCCNC(=O)CN(c2cccc(C)c2C)S(=O)(=O)c2ccccc2)cc1. The van der Waals surface area contributed by atoms with Crippen molar-refractivity contribution in [1.82, 2.24) is 5.32 Å². The average Bonchev–Trinajstić information content (AvgIpc) is 2.84. The maximum absolute atomic E-state index is 13.5. The van der Waals surface area contributed by atoms with E-state index in [2.05, 4.69) is 5.32 Å². The van der Waals surface area contributed by atoms with Crippen molar-refractivity contribution in [1.29, 1.82) is 0 Å². The smallest absolute Gasteiger partial charge is 0.264 e. The second kappa shape index (κ2) is 11.7. The minimum atomic E-state index is -3.91. The number of aryl methyl sites for hydroxylation is 2. The van der Waals surface area contributed by atoms with Gasteiger partial charge in [0.25, 0.3) is 10.0 Å². The summed E-state index contributed by atoms with van der Waals surface area (Å²) in [7, 11) is -3.91. The van der Waals surface area contributed by atoms with Crippen LogP contribution >= 0.6 is 0 Å². The Hall–Kier alpha value is -3.32. The molecule has 3 aromatic carbocycles. The van der Waals surface area contributed by atoms with E-state index in [0.29, 0.717) is 18.8 Å². The van der Waals surface area contributed by atoms with E-state index in [1.54, 1.807) is 42.5 Å². The predicted octanol–water partition coefficient (Wildman–Crippen LogP) is 4.65. The highest BCUT2D eigenvalue weighted by atomic mass is 32.2. The van der Waals surface area contributed by atoms with Crippen molar-refractivity contribution in [2.45, 2.75) is 38.5 Å². The third-order valence-electron chi connectivity index (χ3n) is 5.66. The Bertz CT molecular complexity index is 1190. The van der Waals surface area contributed by atoms with E-state index >= 15 is 0 Å². The first kappa shape index (κ1) is 25.3. The highest BCUT2D eigenvalue weighted by molar-refractivity contribution is 7.92. The van der Waals surface area contributed by atoms with Crippen LogP contribution < -0.4 is 14.4 Å². The fourth-order valence-electron chi connectivity index (χ4n) is 3.65. The van der Waals surface area contributed by atoms with Gasteiger partial charge in [-0.2, -0.15) is 0 Å². The number of rotatable bonds is 11. The first-order valence-electron chi connectivity index (χ1n) is 11.5. The summed E-state index contributed by atoms with van der Waals surface area (Å²) in [6, 6.07) is 21.6. The van der Waals surface area contributed by atoms with Crippen LogP contribution in [0.15, 0.2) is 77.7 Å². The van der Waals surface area contributed by atoms with Crippen LogP contribution in [0.4, 0.5) is 5.69 Å². The molecule has 0 radical (unpaired) electrons. The third kappa shape index (κ3) is 6.38. The number of carbonyl (C=O) groups excluding carboxylic acids is 1. The molecule has 1 N–H and O–H groups in total. The molecule has 0 saturated carbocycles. The number of nitrogens with one attached hydrogen (secondary N) is 1. The van der Waals surface area contributed by atoms with Gasteiger partial charge >= 0.3 is 0 Å². The Balaban J connectivity index is 1.67. The predicted molar refractivity (Wildman–Crippen MR) is 136 cm³/mol. The lowest BCUT2D eigenvalue weighted by Gasteiger charge is -2.26. The first-order chi connectivity index (χ1) is 16.3. The van der Waals surface area contributed by atoms with Gasteiger partial charge in [0.05, 0.1) is 17.2 Å². The molecule has 0 bridgehead atoms. The molecule has 180 valence electrons. The van der Waals surface area contributed by atoms with Crippen molar-refractivity contribution in [3.63, 3.8) is 0 Å². The maximum atomic E-state index is 13.5. The number of benzene rings is 3. The van der Waals surface area contributed by atoms with Crippen molar-refractivity contribution in [2.75, 3.05) is 24.0 Å². The zero-order chi connectivity index (χ0) is 24.6. The molecule has 0 aromatic heterocycles. The first-order valence-corrected chi connectivity index (χ1v) is 12.9. The summed E-state index contributed by atoms with van der Waals surface area (Å²) in [6.07, 6.45) is 1.55. The monoisotopic (exact) mass is 480 g/mol. The van der Waals surface area contributed by atoms with E-state index in [-0.39, 0.29) is 17.3 Å². The standard InChI is InChI=1S/C27H32N2O4S/c1-4-33-24-17-15-23(16-18-24)11-9-19-28-27(30)20-29(26-14-8-10-21(2)22(26)3)34(31,32)25-12-6-5-7-13-25/h5-8,10,12-18H,4,9,11,19-20H2,1-3H3,(H,28,30). The minimum absolute atomic E-state index is 0.152. The lowest BCUT2D eigenvalue weighted by atomic mass is 10.1. The van der Waals surface area contributed by atoms with Gasteiger partial charge in [0.15, 0.2) is 0 Å². The van der Waals surface area contributed by atoms with Crippen LogP contribution in [0.1, 0.15) is 30.0 Å². The van der Waals surface area contributed by atoms with Crippen LogP contribution in [0.2, 0.25) is 0 Å². The summed E-state index contributed by atoms with van der Waals surface area (Å²) >= 11 is 0. The number of sulfonamides is 1. The summed E-state index contributed by atoms with van der Waals surface area (Å²) < 4.78 is 33.6. The van der Waals surface area contributed by atoms with Crippen molar-refractivity contribution < 1.29 is 17.9 Å². The number of hydrogen-bond donors (Lipinski definition) is 1. The number of hydrogen-bond acceptors (Lipinski definition) is 4. The molecule has 3 aromatic rings. The van der Waals surface area contributed by atoms with E-state index in [9.17, 15) is 13.2 Å². The second-order valence-electron chi connectivity index (χ2n) is 8.07. The van der Waals surface area contributed by atoms with Crippen molar-refractivity contribution in [2.24, 2.45) is 0 Å². The van der Waals surface area contributed by atoms with Gasteiger partial charge in [0, 0.05) is 6.54 Å². The largest absolute Gasteiger partial charge is 0.494 e. The topological polar surface area (TPSA) is 75.7 Å². The molecule has 6 nitrogen and oxygen atoms in total. The molecule has 0 atom stereocenters. The highest BCUT2D eigenvalue weighted by Gasteiger charge is 2.28. The minimum Gasteiger partial charge on any atom is -0.494 e. The van der Waals surface area contributed by atoms with E-state index in [1.807, 2.05) is 51.1 Å². The second-order valence-corrected chi connectivity index (χ2v) is 9.94. The number of anilines is 1. The molecular weight excluding hydrogens is 448 g/mol. The Morgan fingerprint density at radius 1 is 0.941 bits per heavy atom. The van der Waals surface area contributed by atoms with E-state index < -0.39 is 10.0 Å². The fraction of sp³-hybridized carbons (Fsp3) is 0.296. The molecular formula is C27H32N2O4S. The highest BCUT2D eigenvalue weighted by Crippen LogP contribution is 2.28. The van der Waals surface area contributed by atoms with Crippen LogP contribution in [0, 0.1) is 13.8 Å². The summed E-state index contributed by atoms with van der Waals surface area (Å²) in [6.45, 7) is 6.54. The van der Waals surface area contributed by atoms with Gasteiger partial charge in [-0.05, 0) is 80.6 Å². The summed E-state index contributed by atoms with van der Waals surface area (Å²) in [4.78, 5) is 12.9. The van der Waals surface area contributed by atoms with Crippen molar-refractivity contribution >= 4 is 21.6 Å². The fourth-order valence-corrected chi connectivity index (χ4v) is 5.15. The molecule has 0 saturated heterocycles. The molecule has 0 fully saturated rings. The third-order valence-corrected chi connectivity index (χ3v) is 7.44. The Labute approximate surface area is 202 Å². The molecule has 3 rings (SSSR count). The van der Waals surface area contributed by atoms with E-state index in [1.165, 1.54) is 4.31 Å². The average molecular weight is 481 g/mol. The Kier molecular flexibility index (Phi) is 8.71. The van der Waals surface area contributed by atoms with Crippen LogP contribution in [-0.2, 0) is 21.2 Å². The van der Waals surface area contributed by atoms with Crippen LogP contribution in [0.5, 0.6) is 5.75 Å². The molecule has 0 aliphatic heterocycles. The van der Waals surface area contributed by atoms with Gasteiger partial charge in [0.2, 0.25) is 5.91 Å². The molecule has 0 unspecified atom stereocenters. The van der Waals surface area contributed by atoms with Gasteiger partial charge in [-0.15, -0.1) is 0 Å². The molecule has 0 heterocycles. The number of ether oxygens (including phenoxy) is 1. The number of nitrogens with zero attached hydrogens (tertiary/aromatic N) is 1. The molecule has 0 aliphatic rings. The quantitative estimate of drug-likeness (QED) is 0.406. The molecule has 0 spiro atoms. The van der Waals surface area contributed by atoms with E-state index in [4.69, 9.17) is 4.74 Å². The normalized spacial score (nSPS) is 11.1. The summed E-state index contributed by atoms with van der Waals surface area (Å²) in [5.74, 6) is 0.498. The zero-order valence-electron chi connectivity index (χ0n) is 20.0. The van der Waals surface area contributed by atoms with Crippen LogP contribution in [0.25, 0.3) is 0 Å². The van der Waals surface area contributed by atoms with Crippen LogP contribution in [-0.4, -0.2) is 34.0 Å². The van der Waals surface area contributed by atoms with Crippen molar-refractivity contribution in [3.8, 4) is 5.75 Å². The summed E-state index contributed by atoms with van der Waals surface area (Å²) in [5.41, 5.74) is 3.45. The van der Waals surface area contributed by atoms with Crippen molar-refractivity contribution in [3.05, 3.63) is 89.5 Å². The summed E-state index contributed by atoms with van der Waals surface area (Å²) in [5, 5.41) is 2.87. The molecule has 7 heteroatoms. The molecule has 34 heavy (non-hydrogen) atoms. The zero-order valence-corrected chi connectivity index (χ0v) is 20.8. The van der Waals surface area contributed by atoms with E-state index in [0.717, 1.165) is 35.3 Å². The molecule has 0 aliphatic carbocycles. The lowest BCUT2D eigenvalue weighted by Crippen LogP contribution is -2.41. The number of carbonyl (C=O) groups is 1. The molecule has 1 amide bonds. The van der Waals surface area contributed by atoms with Gasteiger partial charge in [-0.3, -0.25) is 9.10 Å². The van der Waals surface area contributed by atoms with Gasteiger partial charge in [-0.25, -0.2) is 8.42 Å². The lowest BCUT2D eigenvalue weighted by molar-refractivity contribution is -0.119. The number of amides is 1. The maximum Gasteiger partial charge on any atom is 0.264 e. The van der Waals surface area contributed by atoms with Gasteiger partial charge in [0.1, 0.15) is 12.3 Å². The van der Waals surface area contributed by atoms with Gasteiger partial charge in [-0.1, -0.05) is 42.5 Å². The Morgan fingerprint density at radius 2 is 1.65 bits per heavy atom. The van der Waals surface area contributed by atoms with Crippen LogP contribution in [0.3, 0.4) is 0 Å².